The maximum atomic E-state index is 12.6. The normalized spacial score (nSPS) is 20.5. The Hall–Kier alpha value is -2.88. The van der Waals surface area contributed by atoms with Gasteiger partial charge in [0.15, 0.2) is 0 Å². The Balaban J connectivity index is 2.29. The summed E-state index contributed by atoms with van der Waals surface area (Å²) in [7, 11) is 0. The van der Waals surface area contributed by atoms with Gasteiger partial charge in [-0.3, -0.25) is 14.5 Å². The molecule has 0 bridgehead atoms. The van der Waals surface area contributed by atoms with Crippen LogP contribution in [0.4, 0.5) is 4.79 Å². The van der Waals surface area contributed by atoms with Gasteiger partial charge in [0.05, 0.1) is 11.6 Å². The first kappa shape index (κ1) is 15.5. The molecule has 7 nitrogen and oxygen atoms in total. The van der Waals surface area contributed by atoms with E-state index in [2.05, 4.69) is 10.6 Å². The van der Waals surface area contributed by atoms with Gasteiger partial charge in [-0.2, -0.15) is 5.26 Å². The number of nitrogens with one attached hydrogen (secondary N) is 2. The number of urea groups is 1. The molecule has 1 fully saturated rings. The molecule has 114 valence electrons. The topological polar surface area (TPSA) is 102 Å². The summed E-state index contributed by atoms with van der Waals surface area (Å²) in [4.78, 5) is 37.1. The van der Waals surface area contributed by atoms with Crippen molar-refractivity contribution in [2.24, 2.45) is 0 Å². The van der Waals surface area contributed by atoms with E-state index in [0.29, 0.717) is 17.7 Å². The van der Waals surface area contributed by atoms with Gasteiger partial charge in [-0.1, -0.05) is 12.1 Å². The zero-order valence-electron chi connectivity index (χ0n) is 12.3. The summed E-state index contributed by atoms with van der Waals surface area (Å²) in [5, 5.41) is 14.1. The molecule has 1 aliphatic heterocycles. The van der Waals surface area contributed by atoms with E-state index in [0.717, 1.165) is 4.90 Å². The molecule has 4 amide bonds. The van der Waals surface area contributed by atoms with E-state index in [9.17, 15) is 14.4 Å². The first-order valence-corrected chi connectivity index (χ1v) is 6.84. The van der Waals surface area contributed by atoms with Gasteiger partial charge >= 0.3 is 6.03 Å². The van der Waals surface area contributed by atoms with Crippen molar-refractivity contribution < 1.29 is 14.4 Å². The number of benzene rings is 1. The first-order valence-electron chi connectivity index (χ1n) is 6.84. The summed E-state index contributed by atoms with van der Waals surface area (Å²) in [5.74, 6) is -0.917. The number of amides is 4. The van der Waals surface area contributed by atoms with E-state index in [4.69, 9.17) is 5.26 Å². The first-order chi connectivity index (χ1) is 10.4. The Bertz CT molecular complexity index is 680. The number of hydrogen-bond donors (Lipinski definition) is 2. The molecule has 0 radical (unpaired) electrons. The summed E-state index contributed by atoms with van der Waals surface area (Å²) >= 11 is 0. The van der Waals surface area contributed by atoms with Crippen LogP contribution in [0, 0.1) is 11.3 Å². The third-order valence-electron chi connectivity index (χ3n) is 3.52. The van der Waals surface area contributed by atoms with Gasteiger partial charge in [-0.25, -0.2) is 4.79 Å². The van der Waals surface area contributed by atoms with Crippen molar-refractivity contribution >= 4 is 17.8 Å². The second kappa shape index (κ2) is 5.85. The molecule has 1 saturated heterocycles. The van der Waals surface area contributed by atoms with Crippen LogP contribution in [0.2, 0.25) is 0 Å². The van der Waals surface area contributed by atoms with Crippen LogP contribution in [0.25, 0.3) is 0 Å². The fraction of sp³-hybridized carbons (Fsp3) is 0.333. The predicted octanol–water partition coefficient (Wildman–Crippen LogP) is 0.461. The maximum absolute atomic E-state index is 12.6. The van der Waals surface area contributed by atoms with Gasteiger partial charge in [0.2, 0.25) is 5.91 Å². The summed E-state index contributed by atoms with van der Waals surface area (Å²) in [6.07, 6.45) is 0. The number of carbonyl (C=O) groups excluding carboxylic acids is 3. The monoisotopic (exact) mass is 300 g/mol. The van der Waals surface area contributed by atoms with E-state index in [1.54, 1.807) is 38.1 Å². The van der Waals surface area contributed by atoms with Crippen molar-refractivity contribution in [3.05, 3.63) is 35.4 Å². The predicted molar refractivity (Wildman–Crippen MR) is 77.4 cm³/mol. The Kier molecular flexibility index (Phi) is 4.13. The number of likely N-dealkylation sites (N-methyl/N-ethyl adjacent to an activating group) is 1. The molecule has 7 heteroatoms. The van der Waals surface area contributed by atoms with Crippen LogP contribution in [-0.2, 0) is 15.1 Å². The lowest BCUT2D eigenvalue weighted by Crippen LogP contribution is -2.43. The molecule has 1 unspecified atom stereocenters. The van der Waals surface area contributed by atoms with Crippen molar-refractivity contribution in [2.75, 3.05) is 13.1 Å². The molecular formula is C15H16N4O3. The van der Waals surface area contributed by atoms with E-state index in [1.165, 1.54) is 0 Å². The highest BCUT2D eigenvalue weighted by Crippen LogP contribution is 2.29. The zero-order chi connectivity index (χ0) is 16.3. The SMILES string of the molecule is CCNC(=O)CN1C(=O)NC(C)(c2cccc(C#N)c2)C1=O. The molecule has 1 heterocycles. The lowest BCUT2D eigenvalue weighted by atomic mass is 9.91. The van der Waals surface area contributed by atoms with Crippen LogP contribution in [0.3, 0.4) is 0 Å². The minimum Gasteiger partial charge on any atom is -0.355 e. The van der Waals surface area contributed by atoms with Gasteiger partial charge in [0, 0.05) is 6.54 Å². The molecular weight excluding hydrogens is 284 g/mol. The van der Waals surface area contributed by atoms with E-state index in [1.807, 2.05) is 6.07 Å². The Morgan fingerprint density at radius 2 is 2.18 bits per heavy atom. The minimum absolute atomic E-state index is 0.327. The van der Waals surface area contributed by atoms with Crippen molar-refractivity contribution in [1.29, 1.82) is 5.26 Å². The summed E-state index contributed by atoms with van der Waals surface area (Å²) < 4.78 is 0. The number of nitrogens with zero attached hydrogens (tertiary/aromatic N) is 2. The third kappa shape index (κ3) is 2.63. The molecule has 2 rings (SSSR count). The lowest BCUT2D eigenvalue weighted by molar-refractivity contribution is -0.134. The number of rotatable bonds is 4. The van der Waals surface area contributed by atoms with Crippen molar-refractivity contribution in [1.82, 2.24) is 15.5 Å². The fourth-order valence-corrected chi connectivity index (χ4v) is 2.33. The standard InChI is InChI=1S/C15H16N4O3/c1-3-17-12(20)9-19-13(21)15(2,18-14(19)22)11-6-4-5-10(7-11)8-16/h4-7H,3,9H2,1-2H3,(H,17,20)(H,18,22). The molecule has 0 aromatic heterocycles. The van der Waals surface area contributed by atoms with E-state index in [-0.39, 0.29) is 6.54 Å². The van der Waals surface area contributed by atoms with Crippen LogP contribution in [0.5, 0.6) is 0 Å². The number of carbonyl (C=O) groups is 3. The average Bonchev–Trinajstić information content (AvgIpc) is 2.72. The lowest BCUT2D eigenvalue weighted by Gasteiger charge is -2.22. The van der Waals surface area contributed by atoms with Gasteiger partial charge in [0.1, 0.15) is 12.1 Å². The van der Waals surface area contributed by atoms with Crippen LogP contribution in [0.15, 0.2) is 24.3 Å². The minimum atomic E-state index is -1.28. The van der Waals surface area contributed by atoms with Crippen LogP contribution < -0.4 is 10.6 Å². The van der Waals surface area contributed by atoms with Gasteiger partial charge in [-0.15, -0.1) is 0 Å². The summed E-state index contributed by atoms with van der Waals surface area (Å²) in [5.41, 5.74) is -0.387. The molecule has 1 aromatic carbocycles. The highest BCUT2D eigenvalue weighted by Gasteiger charge is 2.49. The van der Waals surface area contributed by atoms with Crippen LogP contribution >= 0.6 is 0 Å². The average molecular weight is 300 g/mol. The molecule has 0 aliphatic carbocycles. The van der Waals surface area contributed by atoms with Gasteiger partial charge in [0.25, 0.3) is 5.91 Å². The molecule has 1 atom stereocenters. The molecule has 2 N–H and O–H groups in total. The Labute approximate surface area is 127 Å². The number of imide groups is 1. The van der Waals surface area contributed by atoms with Crippen LogP contribution in [0.1, 0.15) is 25.0 Å². The zero-order valence-corrected chi connectivity index (χ0v) is 12.3. The van der Waals surface area contributed by atoms with E-state index >= 15 is 0 Å². The quantitative estimate of drug-likeness (QED) is 0.789. The van der Waals surface area contributed by atoms with E-state index < -0.39 is 23.4 Å². The second-order valence-corrected chi connectivity index (χ2v) is 5.09. The highest BCUT2D eigenvalue weighted by molar-refractivity contribution is 6.09. The van der Waals surface area contributed by atoms with Crippen molar-refractivity contribution in [3.63, 3.8) is 0 Å². The third-order valence-corrected chi connectivity index (χ3v) is 3.52. The molecule has 0 spiro atoms. The fourth-order valence-electron chi connectivity index (χ4n) is 2.33. The molecule has 22 heavy (non-hydrogen) atoms. The number of hydrogen-bond acceptors (Lipinski definition) is 4. The molecule has 1 aromatic rings. The second-order valence-electron chi connectivity index (χ2n) is 5.09. The number of nitriles is 1. The largest absolute Gasteiger partial charge is 0.355 e. The Morgan fingerprint density at radius 1 is 1.45 bits per heavy atom. The van der Waals surface area contributed by atoms with Crippen molar-refractivity contribution in [3.8, 4) is 6.07 Å². The molecule has 1 aliphatic rings. The van der Waals surface area contributed by atoms with Crippen molar-refractivity contribution in [2.45, 2.75) is 19.4 Å². The Morgan fingerprint density at radius 3 is 2.82 bits per heavy atom. The van der Waals surface area contributed by atoms with Gasteiger partial charge < -0.3 is 10.6 Å². The smallest absolute Gasteiger partial charge is 0.325 e. The van der Waals surface area contributed by atoms with Crippen LogP contribution in [-0.4, -0.2) is 35.8 Å². The summed E-state index contributed by atoms with van der Waals surface area (Å²) in [6.45, 7) is 3.40. The summed E-state index contributed by atoms with van der Waals surface area (Å²) in [6, 6.07) is 7.83. The maximum Gasteiger partial charge on any atom is 0.325 e. The van der Waals surface area contributed by atoms with Gasteiger partial charge in [-0.05, 0) is 31.5 Å². The highest BCUT2D eigenvalue weighted by atomic mass is 16.2. The molecule has 0 saturated carbocycles.